The monoisotopic (exact) mass is 415 g/mol. The van der Waals surface area contributed by atoms with Crippen molar-refractivity contribution >= 4 is 23.2 Å². The second-order valence-electron chi connectivity index (χ2n) is 8.87. The minimum absolute atomic E-state index is 0.0847. The van der Waals surface area contributed by atoms with Crippen molar-refractivity contribution in [3.63, 3.8) is 0 Å². The number of carbonyl (C=O) groups excluding carboxylic acids is 2. The van der Waals surface area contributed by atoms with E-state index in [4.69, 9.17) is 0 Å². The third kappa shape index (κ3) is 5.42. The second-order valence-corrected chi connectivity index (χ2v) is 9.73. The van der Waals surface area contributed by atoms with Crippen LogP contribution >= 0.6 is 11.3 Å². The summed E-state index contributed by atoms with van der Waals surface area (Å²) in [5, 5.41) is 12.9. The van der Waals surface area contributed by atoms with Gasteiger partial charge in [-0.15, -0.1) is 11.3 Å². The third-order valence-corrected chi connectivity index (χ3v) is 5.99. The molecule has 2 heterocycles. The number of carbonyl (C=O) groups is 2. The summed E-state index contributed by atoms with van der Waals surface area (Å²) in [7, 11) is 0. The molecular formula is C22H29N3O3S. The molecule has 1 aliphatic heterocycles. The van der Waals surface area contributed by atoms with E-state index < -0.39 is 12.1 Å². The van der Waals surface area contributed by atoms with Gasteiger partial charge in [-0.1, -0.05) is 45.0 Å². The highest BCUT2D eigenvalue weighted by Crippen LogP contribution is 2.27. The Balaban J connectivity index is 1.60. The maximum atomic E-state index is 12.7. The van der Waals surface area contributed by atoms with E-state index in [1.807, 2.05) is 57.5 Å². The molecule has 7 heteroatoms. The molecule has 0 unspecified atom stereocenters. The smallest absolute Gasteiger partial charge is 0.243 e. The molecule has 1 fully saturated rings. The molecule has 0 saturated carbocycles. The topological polar surface area (TPSA) is 82.5 Å². The lowest BCUT2D eigenvalue weighted by atomic mass is 9.91. The highest BCUT2D eigenvalue weighted by atomic mass is 32.1. The molecule has 0 radical (unpaired) electrons. The van der Waals surface area contributed by atoms with Crippen LogP contribution in [0.3, 0.4) is 0 Å². The van der Waals surface area contributed by atoms with E-state index in [1.165, 1.54) is 4.90 Å². The van der Waals surface area contributed by atoms with Gasteiger partial charge in [0.1, 0.15) is 6.04 Å². The fraction of sp³-hybridized carbons (Fsp3) is 0.500. The van der Waals surface area contributed by atoms with Crippen molar-refractivity contribution in [2.75, 3.05) is 6.54 Å². The number of aryl methyl sites for hydroxylation is 1. The average molecular weight is 416 g/mol. The van der Waals surface area contributed by atoms with E-state index in [-0.39, 0.29) is 30.2 Å². The molecule has 0 spiro atoms. The lowest BCUT2D eigenvalue weighted by molar-refractivity contribution is -0.140. The number of aliphatic hydroxyl groups is 1. The molecule has 2 atom stereocenters. The molecule has 0 bridgehead atoms. The van der Waals surface area contributed by atoms with Crippen molar-refractivity contribution in [3.05, 3.63) is 41.0 Å². The van der Waals surface area contributed by atoms with Crippen molar-refractivity contribution in [3.8, 4) is 10.4 Å². The van der Waals surface area contributed by atoms with Crippen molar-refractivity contribution in [1.29, 1.82) is 0 Å². The van der Waals surface area contributed by atoms with Gasteiger partial charge >= 0.3 is 0 Å². The molecular weight excluding hydrogens is 386 g/mol. The van der Waals surface area contributed by atoms with E-state index >= 15 is 0 Å². The number of rotatable bonds is 5. The number of amides is 2. The zero-order valence-corrected chi connectivity index (χ0v) is 18.3. The average Bonchev–Trinajstić information content (AvgIpc) is 3.24. The van der Waals surface area contributed by atoms with Crippen LogP contribution in [0, 0.1) is 12.3 Å². The zero-order chi connectivity index (χ0) is 21.2. The van der Waals surface area contributed by atoms with Crippen LogP contribution in [0.15, 0.2) is 29.8 Å². The minimum atomic E-state index is -0.656. The van der Waals surface area contributed by atoms with Gasteiger partial charge in [-0.25, -0.2) is 4.98 Å². The molecule has 156 valence electrons. The molecule has 2 N–H and O–H groups in total. The number of β-amino-alcohol motifs (C(OH)–C–C–N with tert-alkyl or cyclic N) is 1. The van der Waals surface area contributed by atoms with Gasteiger partial charge in [0.05, 0.1) is 22.2 Å². The van der Waals surface area contributed by atoms with Crippen molar-refractivity contribution in [2.24, 2.45) is 5.41 Å². The van der Waals surface area contributed by atoms with Gasteiger partial charge in [-0.05, 0) is 23.5 Å². The summed E-state index contributed by atoms with van der Waals surface area (Å²) in [6, 6.07) is 7.42. The Morgan fingerprint density at radius 1 is 1.28 bits per heavy atom. The largest absolute Gasteiger partial charge is 0.391 e. The summed E-state index contributed by atoms with van der Waals surface area (Å²) in [6.07, 6.45) is -0.0237. The predicted molar refractivity (Wildman–Crippen MR) is 114 cm³/mol. The van der Waals surface area contributed by atoms with Gasteiger partial charge in [0.2, 0.25) is 11.8 Å². The van der Waals surface area contributed by atoms with Crippen molar-refractivity contribution in [2.45, 2.75) is 59.2 Å². The number of aromatic nitrogens is 1. The summed E-state index contributed by atoms with van der Waals surface area (Å²) in [4.78, 5) is 32.3. The Bertz CT molecular complexity index is 870. The first-order valence-electron chi connectivity index (χ1n) is 9.89. The molecule has 0 aliphatic carbocycles. The fourth-order valence-corrected chi connectivity index (χ4v) is 4.36. The number of nitrogens with one attached hydrogen (secondary N) is 1. The summed E-state index contributed by atoms with van der Waals surface area (Å²) in [6.45, 7) is 8.56. The number of nitrogens with zero attached hydrogens (tertiary/aromatic N) is 2. The summed E-state index contributed by atoms with van der Waals surface area (Å²) < 4.78 is 0. The summed E-state index contributed by atoms with van der Waals surface area (Å²) in [5.41, 5.74) is 4.77. The zero-order valence-electron chi connectivity index (χ0n) is 17.4. The van der Waals surface area contributed by atoms with Gasteiger partial charge in [-0.3, -0.25) is 9.59 Å². The Morgan fingerprint density at radius 2 is 1.97 bits per heavy atom. The molecule has 1 aliphatic rings. The Labute approximate surface area is 176 Å². The van der Waals surface area contributed by atoms with Crippen LogP contribution in [0.25, 0.3) is 10.4 Å². The highest BCUT2D eigenvalue weighted by Gasteiger charge is 2.39. The SMILES string of the molecule is Cc1ncsc1-c1ccc(CNC(=O)[C@@H]2C[C@@H](O)CN2C(=O)CC(C)(C)C)cc1. The standard InChI is InChI=1S/C22H29N3O3S/c1-14-20(29-13-24-14)16-7-5-15(6-8-16)11-23-21(28)18-9-17(26)12-25(18)19(27)10-22(2,3)4/h5-8,13,17-18,26H,9-12H2,1-4H3,(H,23,28)/t17-,18+/m1/s1. The Hall–Kier alpha value is -2.25. The second kappa shape index (κ2) is 8.63. The van der Waals surface area contributed by atoms with E-state index in [9.17, 15) is 14.7 Å². The Morgan fingerprint density at radius 3 is 2.55 bits per heavy atom. The number of aliphatic hydroxyl groups excluding tert-OH is 1. The molecule has 3 rings (SSSR count). The van der Waals surface area contributed by atoms with Gasteiger partial charge < -0.3 is 15.3 Å². The van der Waals surface area contributed by atoms with E-state index in [1.54, 1.807) is 11.3 Å². The third-order valence-electron chi connectivity index (χ3n) is 5.01. The maximum absolute atomic E-state index is 12.7. The number of hydrogen-bond donors (Lipinski definition) is 2. The van der Waals surface area contributed by atoms with Gasteiger partial charge in [0.15, 0.2) is 0 Å². The van der Waals surface area contributed by atoms with E-state index in [0.29, 0.717) is 13.0 Å². The van der Waals surface area contributed by atoms with E-state index in [2.05, 4.69) is 10.3 Å². The number of likely N-dealkylation sites (tertiary alicyclic amines) is 1. The summed E-state index contributed by atoms with van der Waals surface area (Å²) >= 11 is 1.61. The maximum Gasteiger partial charge on any atom is 0.243 e. The number of benzene rings is 1. The van der Waals surface area contributed by atoms with Crippen LogP contribution in [0.2, 0.25) is 0 Å². The van der Waals surface area contributed by atoms with Crippen LogP contribution in [-0.2, 0) is 16.1 Å². The number of hydrogen-bond acceptors (Lipinski definition) is 5. The van der Waals surface area contributed by atoms with E-state index in [0.717, 1.165) is 21.7 Å². The normalized spacial score (nSPS) is 19.4. The molecule has 1 saturated heterocycles. The van der Waals surface area contributed by atoms with Crippen LogP contribution in [0.1, 0.15) is 44.9 Å². The predicted octanol–water partition coefficient (Wildman–Crippen LogP) is 3.13. The van der Waals surface area contributed by atoms with Crippen molar-refractivity contribution in [1.82, 2.24) is 15.2 Å². The lowest BCUT2D eigenvalue weighted by Gasteiger charge is -2.27. The first-order valence-corrected chi connectivity index (χ1v) is 10.8. The Kier molecular flexibility index (Phi) is 6.39. The minimum Gasteiger partial charge on any atom is -0.391 e. The first-order chi connectivity index (χ1) is 13.6. The molecule has 2 aromatic rings. The van der Waals surface area contributed by atoms with Gasteiger partial charge in [-0.2, -0.15) is 0 Å². The molecule has 2 amide bonds. The van der Waals surface area contributed by atoms with Crippen LogP contribution in [0.4, 0.5) is 0 Å². The van der Waals surface area contributed by atoms with Gasteiger partial charge in [0.25, 0.3) is 0 Å². The van der Waals surface area contributed by atoms with Crippen LogP contribution < -0.4 is 5.32 Å². The lowest BCUT2D eigenvalue weighted by Crippen LogP contribution is -2.46. The molecule has 1 aromatic carbocycles. The first kappa shape index (κ1) is 21.5. The van der Waals surface area contributed by atoms with Crippen molar-refractivity contribution < 1.29 is 14.7 Å². The quantitative estimate of drug-likeness (QED) is 0.786. The van der Waals surface area contributed by atoms with Crippen LogP contribution in [0.5, 0.6) is 0 Å². The number of thiazole rings is 1. The molecule has 6 nitrogen and oxygen atoms in total. The summed E-state index contributed by atoms with van der Waals surface area (Å²) in [5.74, 6) is -0.301. The molecule has 1 aromatic heterocycles. The fourth-order valence-electron chi connectivity index (χ4n) is 3.55. The molecule has 29 heavy (non-hydrogen) atoms. The van der Waals surface area contributed by atoms with Gasteiger partial charge in [0, 0.05) is 25.9 Å². The van der Waals surface area contributed by atoms with Crippen LogP contribution in [-0.4, -0.2) is 45.5 Å². The highest BCUT2D eigenvalue weighted by molar-refractivity contribution is 7.13.